The second-order valence-electron chi connectivity index (χ2n) is 8.53. The van der Waals surface area contributed by atoms with Gasteiger partial charge in [0.15, 0.2) is 0 Å². The van der Waals surface area contributed by atoms with Crippen LogP contribution in [0.25, 0.3) is 0 Å². The Morgan fingerprint density at radius 1 is 0.970 bits per heavy atom. The van der Waals surface area contributed by atoms with Gasteiger partial charge in [0.1, 0.15) is 0 Å². The summed E-state index contributed by atoms with van der Waals surface area (Å²) in [5, 5.41) is 3.29. The molecule has 1 heterocycles. The Kier molecular flexibility index (Phi) is 7.05. The highest BCUT2D eigenvalue weighted by molar-refractivity contribution is 5.99. The molecule has 170 valence electrons. The van der Waals surface area contributed by atoms with Gasteiger partial charge in [-0.15, -0.1) is 0 Å². The van der Waals surface area contributed by atoms with Crippen LogP contribution in [0.1, 0.15) is 29.5 Å². The van der Waals surface area contributed by atoms with Crippen LogP contribution in [0.5, 0.6) is 0 Å². The molecule has 4 rings (SSSR count). The third-order valence-corrected chi connectivity index (χ3v) is 6.18. The van der Waals surface area contributed by atoms with Gasteiger partial charge in [0, 0.05) is 11.4 Å². The Balaban J connectivity index is 1.54. The molecule has 0 spiro atoms. The number of benzene rings is 3. The molecule has 0 saturated carbocycles. The van der Waals surface area contributed by atoms with E-state index in [1.165, 1.54) is 0 Å². The molecule has 0 radical (unpaired) electrons. The number of carbonyl (C=O) groups is 2. The predicted molar refractivity (Wildman–Crippen MR) is 131 cm³/mol. The van der Waals surface area contributed by atoms with Crippen LogP contribution in [0.4, 0.5) is 11.4 Å². The number of fused-ring (bicyclic) bond motifs is 1. The van der Waals surface area contributed by atoms with Gasteiger partial charge in [0.25, 0.3) is 0 Å². The smallest absolute Gasteiger partial charge is 0.244 e. The van der Waals surface area contributed by atoms with Crippen LogP contribution in [0.2, 0.25) is 0 Å². The van der Waals surface area contributed by atoms with Gasteiger partial charge < -0.3 is 16.4 Å². The first-order valence-electron chi connectivity index (χ1n) is 11.3. The molecule has 6 heteroatoms. The SMILES string of the molecule is NC(=O)[C@H](CCc1ccccc1)NC1CCc2ccccc2N(Cc2ccc(N)cc2)C1=O. The summed E-state index contributed by atoms with van der Waals surface area (Å²) in [6.45, 7) is 0.430. The Morgan fingerprint density at radius 3 is 2.39 bits per heavy atom. The largest absolute Gasteiger partial charge is 0.399 e. The Labute approximate surface area is 194 Å². The van der Waals surface area contributed by atoms with Crippen LogP contribution in [0, 0.1) is 0 Å². The zero-order chi connectivity index (χ0) is 23.2. The molecule has 0 bridgehead atoms. The summed E-state index contributed by atoms with van der Waals surface area (Å²) in [5.74, 6) is -0.492. The van der Waals surface area contributed by atoms with Crippen LogP contribution in [0.3, 0.4) is 0 Å². The number of para-hydroxylation sites is 1. The van der Waals surface area contributed by atoms with Crippen molar-refractivity contribution in [3.63, 3.8) is 0 Å². The fourth-order valence-electron chi connectivity index (χ4n) is 4.35. The predicted octanol–water partition coefficient (Wildman–Crippen LogP) is 3.19. The maximum atomic E-state index is 13.7. The fourth-order valence-corrected chi connectivity index (χ4v) is 4.35. The first-order chi connectivity index (χ1) is 16.0. The number of hydrogen-bond acceptors (Lipinski definition) is 4. The average molecular weight is 443 g/mol. The van der Waals surface area contributed by atoms with Crippen LogP contribution < -0.4 is 21.7 Å². The van der Waals surface area contributed by atoms with Crippen molar-refractivity contribution in [2.45, 2.75) is 44.3 Å². The Morgan fingerprint density at radius 2 is 1.67 bits per heavy atom. The minimum Gasteiger partial charge on any atom is -0.399 e. The van der Waals surface area contributed by atoms with E-state index >= 15 is 0 Å². The van der Waals surface area contributed by atoms with Gasteiger partial charge in [0.05, 0.1) is 18.6 Å². The number of rotatable bonds is 8. The molecule has 1 unspecified atom stereocenters. The quantitative estimate of drug-likeness (QED) is 0.466. The molecule has 33 heavy (non-hydrogen) atoms. The Hall–Kier alpha value is -3.64. The number of aryl methyl sites for hydroxylation is 2. The van der Waals surface area contributed by atoms with Crippen LogP contribution in [-0.2, 0) is 29.0 Å². The van der Waals surface area contributed by atoms with Crippen molar-refractivity contribution in [2.24, 2.45) is 5.73 Å². The maximum Gasteiger partial charge on any atom is 0.244 e. The standard InChI is InChI=1S/C27H30N4O2/c28-22-14-10-20(11-15-22)18-31-25-9-5-4-8-21(25)13-17-24(27(31)33)30-23(26(29)32)16-12-19-6-2-1-3-7-19/h1-11,14-15,23-24,30H,12-13,16-18,28H2,(H2,29,32)/t23-,24?/m0/s1. The van der Waals surface area contributed by atoms with Crippen molar-refractivity contribution >= 4 is 23.2 Å². The van der Waals surface area contributed by atoms with Crippen molar-refractivity contribution in [3.05, 3.63) is 95.6 Å². The van der Waals surface area contributed by atoms with E-state index < -0.39 is 18.0 Å². The summed E-state index contributed by atoms with van der Waals surface area (Å²) in [7, 11) is 0. The normalized spacial score (nSPS) is 16.7. The molecule has 2 atom stereocenters. The molecule has 3 aromatic rings. The number of nitrogens with one attached hydrogen (secondary N) is 1. The molecule has 1 aliphatic heterocycles. The maximum absolute atomic E-state index is 13.7. The lowest BCUT2D eigenvalue weighted by Crippen LogP contribution is -2.53. The summed E-state index contributed by atoms with van der Waals surface area (Å²) in [6, 6.07) is 24.4. The van der Waals surface area contributed by atoms with E-state index in [2.05, 4.69) is 11.4 Å². The monoisotopic (exact) mass is 442 g/mol. The van der Waals surface area contributed by atoms with E-state index in [4.69, 9.17) is 11.5 Å². The van der Waals surface area contributed by atoms with Gasteiger partial charge in [-0.3, -0.25) is 14.9 Å². The van der Waals surface area contributed by atoms with E-state index in [1.807, 2.05) is 72.8 Å². The van der Waals surface area contributed by atoms with E-state index in [0.29, 0.717) is 31.5 Å². The average Bonchev–Trinajstić information content (AvgIpc) is 2.95. The van der Waals surface area contributed by atoms with Crippen LogP contribution >= 0.6 is 0 Å². The molecule has 0 saturated heterocycles. The van der Waals surface area contributed by atoms with Crippen molar-refractivity contribution in [1.82, 2.24) is 5.32 Å². The summed E-state index contributed by atoms with van der Waals surface area (Å²) < 4.78 is 0. The molecule has 0 fully saturated rings. The third-order valence-electron chi connectivity index (χ3n) is 6.18. The van der Waals surface area contributed by atoms with Gasteiger partial charge in [-0.25, -0.2) is 0 Å². The third kappa shape index (κ3) is 5.59. The van der Waals surface area contributed by atoms with Crippen LogP contribution in [0.15, 0.2) is 78.9 Å². The minimum atomic E-state index is -0.584. The zero-order valence-electron chi connectivity index (χ0n) is 18.6. The van der Waals surface area contributed by atoms with Gasteiger partial charge in [-0.05, 0) is 60.6 Å². The second-order valence-corrected chi connectivity index (χ2v) is 8.53. The number of nitrogens with two attached hydrogens (primary N) is 2. The molecule has 0 aromatic heterocycles. The number of carbonyl (C=O) groups excluding carboxylic acids is 2. The van der Waals surface area contributed by atoms with Gasteiger partial charge in [-0.2, -0.15) is 0 Å². The summed E-state index contributed by atoms with van der Waals surface area (Å²) in [5.41, 5.74) is 16.4. The highest BCUT2D eigenvalue weighted by atomic mass is 16.2. The van der Waals surface area contributed by atoms with Crippen LogP contribution in [-0.4, -0.2) is 23.9 Å². The summed E-state index contributed by atoms with van der Waals surface area (Å²) in [6.07, 6.45) is 2.58. The number of hydrogen-bond donors (Lipinski definition) is 3. The lowest BCUT2D eigenvalue weighted by atomic mass is 10.0. The summed E-state index contributed by atoms with van der Waals surface area (Å²) in [4.78, 5) is 27.7. The fraction of sp³-hybridized carbons (Fsp3) is 0.259. The molecule has 1 aliphatic rings. The van der Waals surface area contributed by atoms with Gasteiger partial charge in [0.2, 0.25) is 11.8 Å². The van der Waals surface area contributed by atoms with Gasteiger partial charge in [-0.1, -0.05) is 60.7 Å². The van der Waals surface area contributed by atoms with E-state index in [1.54, 1.807) is 4.90 Å². The van der Waals surface area contributed by atoms with Crippen molar-refractivity contribution in [1.29, 1.82) is 0 Å². The number of primary amides is 1. The second kappa shape index (κ2) is 10.3. The van der Waals surface area contributed by atoms with Gasteiger partial charge >= 0.3 is 0 Å². The van der Waals surface area contributed by atoms with Crippen molar-refractivity contribution in [2.75, 3.05) is 10.6 Å². The van der Waals surface area contributed by atoms with E-state index in [-0.39, 0.29) is 5.91 Å². The number of anilines is 2. The molecule has 6 nitrogen and oxygen atoms in total. The van der Waals surface area contributed by atoms with E-state index in [9.17, 15) is 9.59 Å². The highest BCUT2D eigenvalue weighted by Gasteiger charge is 2.32. The summed E-state index contributed by atoms with van der Waals surface area (Å²) >= 11 is 0. The number of nitrogen functional groups attached to an aromatic ring is 1. The highest BCUT2D eigenvalue weighted by Crippen LogP contribution is 2.29. The topological polar surface area (TPSA) is 101 Å². The molecule has 5 N–H and O–H groups in total. The van der Waals surface area contributed by atoms with Crippen molar-refractivity contribution in [3.8, 4) is 0 Å². The molecular weight excluding hydrogens is 412 g/mol. The number of amides is 2. The Bertz CT molecular complexity index is 1100. The molecule has 0 aliphatic carbocycles. The first kappa shape index (κ1) is 22.6. The lowest BCUT2D eigenvalue weighted by Gasteiger charge is -2.28. The van der Waals surface area contributed by atoms with E-state index in [0.717, 1.165) is 28.8 Å². The molecular formula is C27H30N4O2. The minimum absolute atomic E-state index is 0.0530. The molecule has 3 aromatic carbocycles. The number of nitrogens with zero attached hydrogens (tertiary/aromatic N) is 1. The van der Waals surface area contributed by atoms with Crippen molar-refractivity contribution < 1.29 is 9.59 Å². The lowest BCUT2D eigenvalue weighted by molar-refractivity contribution is -0.123. The first-order valence-corrected chi connectivity index (χ1v) is 11.3. The molecule has 2 amide bonds. The zero-order valence-corrected chi connectivity index (χ0v) is 18.6.